The second kappa shape index (κ2) is 7.77. The summed E-state index contributed by atoms with van der Waals surface area (Å²) in [6.45, 7) is 2.10. The number of nitrogens with zero attached hydrogens (tertiary/aromatic N) is 2. The highest BCUT2D eigenvalue weighted by atomic mass is 16.2. The van der Waals surface area contributed by atoms with Gasteiger partial charge in [-0.15, -0.1) is 0 Å². The van der Waals surface area contributed by atoms with Crippen molar-refractivity contribution in [1.82, 2.24) is 15.2 Å². The van der Waals surface area contributed by atoms with Crippen molar-refractivity contribution in [1.29, 1.82) is 0 Å². The number of hydrogen-bond donors (Lipinski definition) is 2. The summed E-state index contributed by atoms with van der Waals surface area (Å²) in [6, 6.07) is 13.6. The summed E-state index contributed by atoms with van der Waals surface area (Å²) >= 11 is 0. The zero-order valence-corrected chi connectivity index (χ0v) is 14.4. The lowest BCUT2D eigenvalue weighted by Gasteiger charge is -2.13. The van der Waals surface area contributed by atoms with Gasteiger partial charge in [0.1, 0.15) is 11.9 Å². The molecule has 4 amide bonds. The van der Waals surface area contributed by atoms with Crippen molar-refractivity contribution in [2.24, 2.45) is 0 Å². The van der Waals surface area contributed by atoms with Crippen LogP contribution in [0.2, 0.25) is 0 Å². The maximum Gasteiger partial charge on any atom is 0.324 e. The summed E-state index contributed by atoms with van der Waals surface area (Å²) in [4.78, 5) is 42.0. The standard InChI is InChI=1S/C19H20N4O3/c1-13-6-5-9-16(20-13)22-17(24)12-15-18(25)23(19(26)21-15)11-10-14-7-3-2-4-8-14/h2-9,15H,10-12H2,1H3,(H,21,26)(H,20,22,24)/t15-/m0/s1. The van der Waals surface area contributed by atoms with Crippen LogP contribution in [0.5, 0.6) is 0 Å². The molecule has 7 nitrogen and oxygen atoms in total. The Hall–Kier alpha value is -3.22. The fourth-order valence-corrected chi connectivity index (χ4v) is 2.80. The molecule has 1 aromatic carbocycles. The number of carbonyl (C=O) groups excluding carboxylic acids is 3. The number of rotatable bonds is 6. The molecule has 1 aliphatic heterocycles. The van der Waals surface area contributed by atoms with Crippen LogP contribution in [0.15, 0.2) is 48.5 Å². The number of aryl methyl sites for hydroxylation is 1. The molecular formula is C19H20N4O3. The Bertz CT molecular complexity index is 823. The molecule has 1 fully saturated rings. The maximum absolute atomic E-state index is 12.4. The third-order valence-corrected chi connectivity index (χ3v) is 4.12. The van der Waals surface area contributed by atoms with Crippen LogP contribution < -0.4 is 10.6 Å². The van der Waals surface area contributed by atoms with Gasteiger partial charge in [-0.25, -0.2) is 9.78 Å². The minimum absolute atomic E-state index is 0.123. The van der Waals surface area contributed by atoms with Crippen LogP contribution in [0.25, 0.3) is 0 Å². The Balaban J connectivity index is 1.55. The van der Waals surface area contributed by atoms with Crippen molar-refractivity contribution in [2.75, 3.05) is 11.9 Å². The number of amides is 4. The Morgan fingerprint density at radius 2 is 1.92 bits per heavy atom. The number of urea groups is 1. The molecule has 0 aliphatic carbocycles. The highest BCUT2D eigenvalue weighted by Crippen LogP contribution is 2.13. The van der Waals surface area contributed by atoms with Crippen molar-refractivity contribution in [3.8, 4) is 0 Å². The van der Waals surface area contributed by atoms with Crippen molar-refractivity contribution in [3.05, 3.63) is 59.8 Å². The summed E-state index contributed by atoms with van der Waals surface area (Å²) in [5, 5.41) is 5.22. The number of anilines is 1. The van der Waals surface area contributed by atoms with Gasteiger partial charge in [-0.3, -0.25) is 14.5 Å². The van der Waals surface area contributed by atoms with E-state index < -0.39 is 12.1 Å². The van der Waals surface area contributed by atoms with Crippen LogP contribution in [0.1, 0.15) is 17.7 Å². The van der Waals surface area contributed by atoms with E-state index in [1.807, 2.05) is 43.3 Å². The zero-order valence-electron chi connectivity index (χ0n) is 14.4. The largest absolute Gasteiger partial charge is 0.325 e. The van der Waals surface area contributed by atoms with E-state index >= 15 is 0 Å². The number of carbonyl (C=O) groups is 3. The minimum atomic E-state index is -0.844. The van der Waals surface area contributed by atoms with E-state index in [1.54, 1.807) is 12.1 Å². The molecule has 26 heavy (non-hydrogen) atoms. The maximum atomic E-state index is 12.4. The molecule has 134 valence electrons. The van der Waals surface area contributed by atoms with E-state index in [0.29, 0.717) is 12.2 Å². The molecule has 2 heterocycles. The van der Waals surface area contributed by atoms with Gasteiger partial charge in [-0.2, -0.15) is 0 Å². The van der Waals surface area contributed by atoms with E-state index in [4.69, 9.17) is 0 Å². The monoisotopic (exact) mass is 352 g/mol. The van der Waals surface area contributed by atoms with E-state index in [9.17, 15) is 14.4 Å². The molecule has 0 spiro atoms. The molecular weight excluding hydrogens is 332 g/mol. The molecule has 7 heteroatoms. The predicted octanol–water partition coefficient (Wildman–Crippen LogP) is 1.88. The fourth-order valence-electron chi connectivity index (χ4n) is 2.80. The van der Waals surface area contributed by atoms with E-state index in [2.05, 4.69) is 15.6 Å². The molecule has 1 atom stereocenters. The van der Waals surface area contributed by atoms with Gasteiger partial charge in [0.15, 0.2) is 0 Å². The average Bonchev–Trinajstić information content (AvgIpc) is 2.87. The summed E-state index contributed by atoms with van der Waals surface area (Å²) in [7, 11) is 0. The smallest absolute Gasteiger partial charge is 0.324 e. The number of benzene rings is 1. The third-order valence-electron chi connectivity index (χ3n) is 4.12. The highest BCUT2D eigenvalue weighted by molar-refractivity contribution is 6.06. The van der Waals surface area contributed by atoms with Crippen LogP contribution in [0, 0.1) is 6.92 Å². The molecule has 2 aromatic rings. The molecule has 0 unspecified atom stereocenters. The van der Waals surface area contributed by atoms with Crippen LogP contribution >= 0.6 is 0 Å². The SMILES string of the molecule is Cc1cccc(NC(=O)C[C@@H]2NC(=O)N(CCc3ccccc3)C2=O)n1. The first kappa shape index (κ1) is 17.6. The highest BCUT2D eigenvalue weighted by Gasteiger charge is 2.38. The quantitative estimate of drug-likeness (QED) is 0.777. The topological polar surface area (TPSA) is 91.4 Å². The fraction of sp³-hybridized carbons (Fsp3) is 0.263. The summed E-state index contributed by atoms with van der Waals surface area (Å²) in [5.41, 5.74) is 1.82. The number of hydrogen-bond acceptors (Lipinski definition) is 4. The first-order valence-electron chi connectivity index (χ1n) is 8.42. The molecule has 1 saturated heterocycles. The van der Waals surface area contributed by atoms with Gasteiger partial charge >= 0.3 is 6.03 Å². The van der Waals surface area contributed by atoms with Gasteiger partial charge in [0.05, 0.1) is 6.42 Å². The normalized spacial score (nSPS) is 16.5. The van der Waals surface area contributed by atoms with Gasteiger partial charge in [0, 0.05) is 12.2 Å². The number of pyridine rings is 1. The molecule has 0 saturated carbocycles. The van der Waals surface area contributed by atoms with E-state index in [-0.39, 0.29) is 24.8 Å². The predicted molar refractivity (Wildman–Crippen MR) is 96.4 cm³/mol. The summed E-state index contributed by atoms with van der Waals surface area (Å²) in [5.74, 6) is -0.322. The van der Waals surface area contributed by atoms with E-state index in [1.165, 1.54) is 0 Å². The second-order valence-electron chi connectivity index (χ2n) is 6.14. The Morgan fingerprint density at radius 1 is 1.15 bits per heavy atom. The Morgan fingerprint density at radius 3 is 2.65 bits per heavy atom. The van der Waals surface area contributed by atoms with Gasteiger partial charge in [0.25, 0.3) is 5.91 Å². The first-order valence-corrected chi connectivity index (χ1v) is 8.42. The van der Waals surface area contributed by atoms with Crippen LogP contribution in [-0.2, 0) is 16.0 Å². The molecule has 0 radical (unpaired) electrons. The van der Waals surface area contributed by atoms with Gasteiger partial charge in [0.2, 0.25) is 5.91 Å². The van der Waals surface area contributed by atoms with E-state index in [0.717, 1.165) is 16.2 Å². The van der Waals surface area contributed by atoms with Gasteiger partial charge in [-0.05, 0) is 31.0 Å². The van der Waals surface area contributed by atoms with Crippen LogP contribution in [0.4, 0.5) is 10.6 Å². The lowest BCUT2D eigenvalue weighted by atomic mass is 10.1. The molecule has 1 aliphatic rings. The number of nitrogens with one attached hydrogen (secondary N) is 2. The average molecular weight is 352 g/mol. The van der Waals surface area contributed by atoms with Gasteiger partial charge < -0.3 is 10.6 Å². The number of aromatic nitrogens is 1. The summed E-state index contributed by atoms with van der Waals surface area (Å²) in [6.07, 6.45) is 0.453. The van der Waals surface area contributed by atoms with Crippen molar-refractivity contribution < 1.29 is 14.4 Å². The zero-order chi connectivity index (χ0) is 18.5. The van der Waals surface area contributed by atoms with Gasteiger partial charge in [-0.1, -0.05) is 36.4 Å². The molecule has 0 bridgehead atoms. The Kier molecular flexibility index (Phi) is 5.26. The van der Waals surface area contributed by atoms with Crippen molar-refractivity contribution in [3.63, 3.8) is 0 Å². The summed E-state index contributed by atoms with van der Waals surface area (Å²) < 4.78 is 0. The van der Waals surface area contributed by atoms with Crippen LogP contribution in [0.3, 0.4) is 0 Å². The molecule has 2 N–H and O–H groups in total. The lowest BCUT2D eigenvalue weighted by molar-refractivity contribution is -0.129. The third kappa shape index (κ3) is 4.24. The Labute approximate surface area is 151 Å². The molecule has 3 rings (SSSR count). The lowest BCUT2D eigenvalue weighted by Crippen LogP contribution is -2.35. The van der Waals surface area contributed by atoms with Crippen molar-refractivity contribution in [2.45, 2.75) is 25.8 Å². The van der Waals surface area contributed by atoms with Crippen LogP contribution in [-0.4, -0.2) is 40.3 Å². The first-order chi connectivity index (χ1) is 12.5. The molecule has 1 aromatic heterocycles. The number of imide groups is 1. The van der Waals surface area contributed by atoms with Crippen molar-refractivity contribution >= 4 is 23.7 Å². The minimum Gasteiger partial charge on any atom is -0.325 e. The second-order valence-corrected chi connectivity index (χ2v) is 6.14.